The number of amides is 1. The third kappa shape index (κ3) is 5.22. The fraction of sp³-hybridized carbons (Fsp3) is 0.0312. The lowest BCUT2D eigenvalue weighted by Crippen LogP contribution is -2.31. The maximum absolute atomic E-state index is 13.5. The Kier molecular flexibility index (Phi) is 7.36. The second-order valence-electron chi connectivity index (χ2n) is 8.43. The van der Waals surface area contributed by atoms with Gasteiger partial charge in [-0.25, -0.2) is 0 Å². The molecule has 4 aromatic carbocycles. The number of carbonyl (C=O) groups excluding carboxylic acids is 1. The molecular formula is C32H22N4OS. The Morgan fingerprint density at radius 3 is 1.76 bits per heavy atom. The fourth-order valence-electron chi connectivity index (χ4n) is 4.24. The number of thioether (sulfide) groups is 1. The van der Waals surface area contributed by atoms with E-state index in [-0.39, 0.29) is 11.5 Å². The van der Waals surface area contributed by atoms with E-state index in [1.807, 2.05) is 109 Å². The molecule has 1 unspecified atom stereocenters. The van der Waals surface area contributed by atoms with Crippen molar-refractivity contribution < 1.29 is 4.79 Å². The van der Waals surface area contributed by atoms with Crippen LogP contribution in [0.3, 0.4) is 0 Å². The highest BCUT2D eigenvalue weighted by molar-refractivity contribution is 8.05. The number of para-hydroxylation sites is 3. The summed E-state index contributed by atoms with van der Waals surface area (Å²) in [4.78, 5) is 17.8. The van der Waals surface area contributed by atoms with E-state index in [1.165, 1.54) is 17.8 Å². The molecule has 1 saturated heterocycles. The molecule has 0 aromatic heterocycles. The minimum Gasteiger partial charge on any atom is -0.311 e. The number of carbonyl (C=O) groups is 1. The van der Waals surface area contributed by atoms with E-state index in [0.717, 1.165) is 22.6 Å². The summed E-state index contributed by atoms with van der Waals surface area (Å²) in [6.07, 6.45) is 3.39. The summed E-state index contributed by atoms with van der Waals surface area (Å²) in [7, 11) is 0. The van der Waals surface area contributed by atoms with E-state index >= 15 is 0 Å². The maximum atomic E-state index is 13.5. The molecule has 0 saturated carbocycles. The van der Waals surface area contributed by atoms with Crippen molar-refractivity contribution in [3.05, 3.63) is 137 Å². The molecule has 182 valence electrons. The molecule has 1 heterocycles. The molecule has 1 aliphatic rings. The number of hydrogen-bond donors (Lipinski definition) is 0. The molecule has 0 radical (unpaired) electrons. The second kappa shape index (κ2) is 11.3. The lowest BCUT2D eigenvalue weighted by atomic mass is 10.1. The quantitative estimate of drug-likeness (QED) is 0.198. The fourth-order valence-corrected chi connectivity index (χ4v) is 5.43. The van der Waals surface area contributed by atoms with Gasteiger partial charge in [0, 0.05) is 22.7 Å². The first-order chi connectivity index (χ1) is 18.7. The standard InChI is InChI=1S/C32H22N4OS/c33-22-25(23-34)21-31-36(28-14-8-3-9-15-28)32(37)30(38-31)20-24-16-18-29(19-17-24)35(26-10-4-1-5-11-26)27-12-6-2-7-13-27/h1-21,31H. The summed E-state index contributed by atoms with van der Waals surface area (Å²) in [5, 5.41) is 18.1. The Balaban J connectivity index is 1.48. The van der Waals surface area contributed by atoms with E-state index < -0.39 is 5.37 Å². The average molecular weight is 511 g/mol. The van der Waals surface area contributed by atoms with Gasteiger partial charge in [-0.1, -0.05) is 78.5 Å². The van der Waals surface area contributed by atoms with Crippen molar-refractivity contribution in [3.63, 3.8) is 0 Å². The van der Waals surface area contributed by atoms with Gasteiger partial charge in [0.2, 0.25) is 0 Å². The molecule has 5 nitrogen and oxygen atoms in total. The molecule has 1 atom stereocenters. The van der Waals surface area contributed by atoms with E-state index in [2.05, 4.69) is 29.2 Å². The topological polar surface area (TPSA) is 71.1 Å². The summed E-state index contributed by atoms with van der Waals surface area (Å²) in [5.41, 5.74) is 4.65. The minimum atomic E-state index is -0.489. The second-order valence-corrected chi connectivity index (χ2v) is 9.59. The molecule has 38 heavy (non-hydrogen) atoms. The third-order valence-electron chi connectivity index (χ3n) is 5.99. The summed E-state index contributed by atoms with van der Waals surface area (Å²) >= 11 is 1.33. The van der Waals surface area contributed by atoms with Crippen LogP contribution >= 0.6 is 11.8 Å². The third-order valence-corrected chi connectivity index (χ3v) is 7.13. The lowest BCUT2D eigenvalue weighted by molar-refractivity contribution is -0.114. The highest BCUT2D eigenvalue weighted by Crippen LogP contribution is 2.41. The van der Waals surface area contributed by atoms with Gasteiger partial charge in [-0.2, -0.15) is 10.5 Å². The molecule has 1 fully saturated rings. The van der Waals surface area contributed by atoms with Crippen LogP contribution in [0.1, 0.15) is 5.56 Å². The van der Waals surface area contributed by atoms with Crippen LogP contribution in [0.5, 0.6) is 0 Å². The number of anilines is 4. The molecule has 0 N–H and O–H groups in total. The first-order valence-corrected chi connectivity index (χ1v) is 12.8. The summed E-state index contributed by atoms with van der Waals surface area (Å²) in [6, 6.07) is 41.4. The smallest absolute Gasteiger partial charge is 0.266 e. The van der Waals surface area contributed by atoms with Gasteiger partial charge in [-0.3, -0.25) is 9.69 Å². The summed E-state index contributed by atoms with van der Waals surface area (Å²) in [5.74, 6) is -0.169. The number of hydrogen-bond acceptors (Lipinski definition) is 5. The van der Waals surface area contributed by atoms with Crippen LogP contribution in [0.25, 0.3) is 6.08 Å². The van der Waals surface area contributed by atoms with Crippen molar-refractivity contribution in [1.29, 1.82) is 10.5 Å². The molecular weight excluding hydrogens is 488 g/mol. The highest BCUT2D eigenvalue weighted by atomic mass is 32.2. The van der Waals surface area contributed by atoms with Gasteiger partial charge in [0.1, 0.15) is 23.1 Å². The maximum Gasteiger partial charge on any atom is 0.266 e. The summed E-state index contributed by atoms with van der Waals surface area (Å²) < 4.78 is 0. The van der Waals surface area contributed by atoms with E-state index in [9.17, 15) is 15.3 Å². The van der Waals surface area contributed by atoms with Gasteiger partial charge in [-0.15, -0.1) is 0 Å². The molecule has 6 heteroatoms. The molecule has 1 amide bonds. The van der Waals surface area contributed by atoms with Crippen LogP contribution in [0.4, 0.5) is 22.7 Å². The normalized spacial score (nSPS) is 15.5. The van der Waals surface area contributed by atoms with Crippen LogP contribution < -0.4 is 9.80 Å². The van der Waals surface area contributed by atoms with Crippen molar-refractivity contribution in [1.82, 2.24) is 0 Å². The van der Waals surface area contributed by atoms with Gasteiger partial charge in [0.05, 0.1) is 4.91 Å². The van der Waals surface area contributed by atoms with Crippen molar-refractivity contribution in [2.45, 2.75) is 5.37 Å². The Morgan fingerprint density at radius 2 is 1.24 bits per heavy atom. The van der Waals surface area contributed by atoms with Gasteiger partial charge >= 0.3 is 0 Å². The predicted molar refractivity (Wildman–Crippen MR) is 154 cm³/mol. The monoisotopic (exact) mass is 510 g/mol. The van der Waals surface area contributed by atoms with Gasteiger partial charge in [-0.05, 0) is 66.2 Å². The Bertz CT molecular complexity index is 1510. The number of nitriles is 2. The van der Waals surface area contributed by atoms with Crippen molar-refractivity contribution in [3.8, 4) is 12.1 Å². The van der Waals surface area contributed by atoms with Crippen LogP contribution in [0.15, 0.2) is 132 Å². The number of allylic oxidation sites excluding steroid dienone is 1. The van der Waals surface area contributed by atoms with E-state index in [0.29, 0.717) is 10.6 Å². The van der Waals surface area contributed by atoms with Gasteiger partial charge in [0.15, 0.2) is 0 Å². The molecule has 0 spiro atoms. The first-order valence-electron chi connectivity index (χ1n) is 12.0. The van der Waals surface area contributed by atoms with E-state index in [1.54, 1.807) is 4.90 Å². The predicted octanol–water partition coefficient (Wildman–Crippen LogP) is 7.58. The lowest BCUT2D eigenvalue weighted by Gasteiger charge is -2.25. The van der Waals surface area contributed by atoms with E-state index in [4.69, 9.17) is 0 Å². The number of rotatable bonds is 6. The molecule has 5 rings (SSSR count). The number of benzene rings is 4. The highest BCUT2D eigenvalue weighted by Gasteiger charge is 2.36. The zero-order valence-electron chi connectivity index (χ0n) is 20.3. The minimum absolute atomic E-state index is 0.0243. The Labute approximate surface area is 226 Å². The van der Waals surface area contributed by atoms with Crippen molar-refractivity contribution in [2.24, 2.45) is 0 Å². The molecule has 0 aliphatic carbocycles. The van der Waals surface area contributed by atoms with Crippen LogP contribution in [0.2, 0.25) is 0 Å². The average Bonchev–Trinajstić information content (AvgIpc) is 3.28. The molecule has 1 aliphatic heterocycles. The Morgan fingerprint density at radius 1 is 0.737 bits per heavy atom. The van der Waals surface area contributed by atoms with Crippen LogP contribution in [0, 0.1) is 22.7 Å². The Hall–Kier alpha value is -5.04. The van der Waals surface area contributed by atoms with Crippen molar-refractivity contribution >= 4 is 46.5 Å². The number of nitrogens with zero attached hydrogens (tertiary/aromatic N) is 4. The molecule has 0 bridgehead atoms. The zero-order valence-corrected chi connectivity index (χ0v) is 21.1. The first kappa shape index (κ1) is 24.6. The van der Waals surface area contributed by atoms with Crippen molar-refractivity contribution in [2.75, 3.05) is 9.80 Å². The zero-order chi connectivity index (χ0) is 26.3. The van der Waals surface area contributed by atoms with Gasteiger partial charge < -0.3 is 4.90 Å². The largest absolute Gasteiger partial charge is 0.311 e. The molecule has 4 aromatic rings. The summed E-state index contributed by atoms with van der Waals surface area (Å²) in [6.45, 7) is 0. The van der Waals surface area contributed by atoms with Crippen LogP contribution in [-0.2, 0) is 4.79 Å². The van der Waals surface area contributed by atoms with Crippen LogP contribution in [-0.4, -0.2) is 11.3 Å². The van der Waals surface area contributed by atoms with Gasteiger partial charge in [0.25, 0.3) is 5.91 Å². The SMILES string of the molecule is N#CC(C#N)=CC1SC(=Cc2ccc(N(c3ccccc3)c3ccccc3)cc2)C(=O)N1c1ccccc1.